The monoisotopic (exact) mass is 395 g/mol. The molecule has 2 aromatic carbocycles. The Hall–Kier alpha value is -3.25. The van der Waals surface area contributed by atoms with Gasteiger partial charge < -0.3 is 10.3 Å². The van der Waals surface area contributed by atoms with E-state index in [4.69, 9.17) is 11.6 Å². The second-order valence-corrected chi connectivity index (χ2v) is 6.92. The molecule has 2 N–H and O–H groups in total. The van der Waals surface area contributed by atoms with Crippen LogP contribution in [0.2, 0.25) is 5.15 Å². The standard InChI is InChI=1S/C21H15ClFN3O2/c1-11-2-5-17-13(6-11)7-14(20(27)26-17)10-24-21(28)16-8-12-3-4-15(23)9-18(12)25-19(16)22/h2-9H,10H2,1H3,(H,24,28)(H,26,27). The highest BCUT2D eigenvalue weighted by molar-refractivity contribution is 6.33. The Bertz CT molecular complexity index is 1300. The number of nitrogens with zero attached hydrogens (tertiary/aromatic N) is 1. The molecular formula is C21H15ClFN3O2. The number of aromatic nitrogens is 2. The minimum atomic E-state index is -0.465. The van der Waals surface area contributed by atoms with Crippen LogP contribution in [0.1, 0.15) is 21.5 Å². The van der Waals surface area contributed by atoms with Crippen LogP contribution in [0.5, 0.6) is 0 Å². The molecular weight excluding hydrogens is 381 g/mol. The number of carbonyl (C=O) groups is 1. The van der Waals surface area contributed by atoms with Gasteiger partial charge in [0.1, 0.15) is 11.0 Å². The number of H-pyrrole nitrogens is 1. The number of nitrogens with one attached hydrogen (secondary N) is 2. The van der Waals surface area contributed by atoms with Crippen LogP contribution >= 0.6 is 11.6 Å². The lowest BCUT2D eigenvalue weighted by Crippen LogP contribution is -2.27. The van der Waals surface area contributed by atoms with Crippen molar-refractivity contribution in [1.29, 1.82) is 0 Å². The van der Waals surface area contributed by atoms with Crippen molar-refractivity contribution in [3.8, 4) is 0 Å². The number of aryl methyl sites for hydroxylation is 1. The minimum absolute atomic E-state index is 0.0290. The highest BCUT2D eigenvalue weighted by Gasteiger charge is 2.14. The first-order valence-corrected chi connectivity index (χ1v) is 8.95. The predicted octanol–water partition coefficient (Wildman–Crippen LogP) is 4.11. The fraction of sp³-hybridized carbons (Fsp3) is 0.0952. The molecule has 0 radical (unpaired) electrons. The molecule has 0 fully saturated rings. The lowest BCUT2D eigenvalue weighted by Gasteiger charge is -2.09. The second-order valence-electron chi connectivity index (χ2n) is 6.56. The number of hydrogen-bond acceptors (Lipinski definition) is 3. The van der Waals surface area contributed by atoms with Crippen LogP contribution in [0.3, 0.4) is 0 Å². The summed E-state index contributed by atoms with van der Waals surface area (Å²) in [6.07, 6.45) is 0. The Morgan fingerprint density at radius 2 is 1.96 bits per heavy atom. The molecule has 0 unspecified atom stereocenters. The van der Waals surface area contributed by atoms with Gasteiger partial charge in [-0.3, -0.25) is 9.59 Å². The number of halogens is 2. The van der Waals surface area contributed by atoms with Gasteiger partial charge in [-0.2, -0.15) is 0 Å². The fourth-order valence-corrected chi connectivity index (χ4v) is 3.28. The van der Waals surface area contributed by atoms with Gasteiger partial charge in [-0.15, -0.1) is 0 Å². The summed E-state index contributed by atoms with van der Waals surface area (Å²) in [5.74, 6) is -0.897. The molecule has 0 spiro atoms. The third kappa shape index (κ3) is 3.46. The summed E-state index contributed by atoms with van der Waals surface area (Å²) in [7, 11) is 0. The van der Waals surface area contributed by atoms with E-state index in [2.05, 4.69) is 15.3 Å². The fourth-order valence-electron chi connectivity index (χ4n) is 3.05. The number of benzene rings is 2. The van der Waals surface area contributed by atoms with Crippen LogP contribution in [0.25, 0.3) is 21.8 Å². The van der Waals surface area contributed by atoms with Crippen molar-refractivity contribution in [2.75, 3.05) is 0 Å². The summed E-state index contributed by atoms with van der Waals surface area (Å²) in [6.45, 7) is 2.00. The average molecular weight is 396 g/mol. The van der Waals surface area contributed by atoms with E-state index in [1.54, 1.807) is 12.1 Å². The maximum Gasteiger partial charge on any atom is 0.254 e. The quantitative estimate of drug-likeness (QED) is 0.513. The van der Waals surface area contributed by atoms with Gasteiger partial charge in [-0.25, -0.2) is 9.37 Å². The van der Waals surface area contributed by atoms with Gasteiger partial charge in [0.25, 0.3) is 11.5 Å². The van der Waals surface area contributed by atoms with Crippen molar-refractivity contribution in [1.82, 2.24) is 15.3 Å². The normalized spacial score (nSPS) is 11.1. The van der Waals surface area contributed by atoms with Crippen molar-refractivity contribution in [2.24, 2.45) is 0 Å². The molecule has 140 valence electrons. The zero-order valence-corrected chi connectivity index (χ0v) is 15.6. The third-order valence-electron chi connectivity index (χ3n) is 4.49. The van der Waals surface area contributed by atoms with Gasteiger partial charge in [0.15, 0.2) is 0 Å². The van der Waals surface area contributed by atoms with Crippen LogP contribution in [0.4, 0.5) is 4.39 Å². The smallest absolute Gasteiger partial charge is 0.254 e. The summed E-state index contributed by atoms with van der Waals surface area (Å²) in [4.78, 5) is 31.7. The molecule has 0 saturated carbocycles. The van der Waals surface area contributed by atoms with Gasteiger partial charge in [0, 0.05) is 29.1 Å². The molecule has 0 atom stereocenters. The first-order chi connectivity index (χ1) is 13.4. The van der Waals surface area contributed by atoms with Gasteiger partial charge in [0.2, 0.25) is 0 Å². The van der Waals surface area contributed by atoms with Crippen molar-refractivity contribution in [3.63, 3.8) is 0 Å². The first-order valence-electron chi connectivity index (χ1n) is 8.57. The number of hydrogen-bond donors (Lipinski definition) is 2. The largest absolute Gasteiger partial charge is 0.348 e. The number of fused-ring (bicyclic) bond motifs is 2. The molecule has 28 heavy (non-hydrogen) atoms. The van der Waals surface area contributed by atoms with Crippen LogP contribution < -0.4 is 10.9 Å². The Balaban J connectivity index is 1.61. The van der Waals surface area contributed by atoms with E-state index < -0.39 is 11.7 Å². The molecule has 2 heterocycles. The van der Waals surface area contributed by atoms with Gasteiger partial charge in [0.05, 0.1) is 11.1 Å². The summed E-state index contributed by atoms with van der Waals surface area (Å²) < 4.78 is 13.3. The number of amides is 1. The molecule has 0 aliphatic heterocycles. The van der Waals surface area contributed by atoms with E-state index in [0.29, 0.717) is 16.5 Å². The Labute approximate surface area is 164 Å². The van der Waals surface area contributed by atoms with Crippen LogP contribution in [-0.4, -0.2) is 15.9 Å². The molecule has 4 aromatic rings. The predicted molar refractivity (Wildman–Crippen MR) is 107 cm³/mol. The zero-order valence-electron chi connectivity index (χ0n) is 14.8. The van der Waals surface area contributed by atoms with Crippen LogP contribution in [-0.2, 0) is 6.54 Å². The lowest BCUT2D eigenvalue weighted by molar-refractivity contribution is 0.0951. The molecule has 5 nitrogen and oxygen atoms in total. The van der Waals surface area contributed by atoms with Crippen LogP contribution in [0, 0.1) is 12.7 Å². The maximum absolute atomic E-state index is 13.3. The Morgan fingerprint density at radius 1 is 1.14 bits per heavy atom. The zero-order chi connectivity index (χ0) is 19.8. The van der Waals surface area contributed by atoms with Crippen molar-refractivity contribution in [3.05, 3.63) is 86.5 Å². The van der Waals surface area contributed by atoms with E-state index in [0.717, 1.165) is 16.5 Å². The minimum Gasteiger partial charge on any atom is -0.348 e. The van der Waals surface area contributed by atoms with Crippen molar-refractivity contribution < 1.29 is 9.18 Å². The van der Waals surface area contributed by atoms with Gasteiger partial charge in [-0.05, 0) is 48.7 Å². The Morgan fingerprint density at radius 3 is 2.79 bits per heavy atom. The third-order valence-corrected chi connectivity index (χ3v) is 4.78. The number of pyridine rings is 2. The molecule has 4 rings (SSSR count). The highest BCUT2D eigenvalue weighted by Crippen LogP contribution is 2.21. The number of rotatable bonds is 3. The highest BCUT2D eigenvalue weighted by atomic mass is 35.5. The van der Waals surface area contributed by atoms with Gasteiger partial charge in [-0.1, -0.05) is 23.2 Å². The summed E-state index contributed by atoms with van der Waals surface area (Å²) >= 11 is 6.10. The SMILES string of the molecule is Cc1ccc2[nH]c(=O)c(CNC(=O)c3cc4ccc(F)cc4nc3Cl)cc2c1. The topological polar surface area (TPSA) is 74.8 Å². The summed E-state index contributed by atoms with van der Waals surface area (Å²) in [5.41, 5.74) is 2.49. The Kier molecular flexibility index (Phi) is 4.57. The van der Waals surface area contributed by atoms with Crippen molar-refractivity contribution >= 4 is 39.3 Å². The van der Waals surface area contributed by atoms with Crippen LogP contribution in [0.15, 0.2) is 53.3 Å². The number of carbonyl (C=O) groups excluding carboxylic acids is 1. The van der Waals surface area contributed by atoms with Gasteiger partial charge >= 0.3 is 0 Å². The lowest BCUT2D eigenvalue weighted by atomic mass is 10.1. The van der Waals surface area contributed by atoms with E-state index in [9.17, 15) is 14.0 Å². The van der Waals surface area contributed by atoms with E-state index in [1.807, 2.05) is 25.1 Å². The molecule has 2 aromatic heterocycles. The molecule has 1 amide bonds. The molecule has 0 aliphatic carbocycles. The molecule has 0 saturated heterocycles. The summed E-state index contributed by atoms with van der Waals surface area (Å²) in [6, 6.07) is 13.1. The van der Waals surface area contributed by atoms with E-state index >= 15 is 0 Å². The number of aromatic amines is 1. The van der Waals surface area contributed by atoms with E-state index in [1.165, 1.54) is 18.2 Å². The van der Waals surface area contributed by atoms with Crippen molar-refractivity contribution in [2.45, 2.75) is 13.5 Å². The summed E-state index contributed by atoms with van der Waals surface area (Å²) in [5, 5.41) is 4.14. The van der Waals surface area contributed by atoms with E-state index in [-0.39, 0.29) is 22.8 Å². The molecule has 0 aliphatic rings. The first kappa shape index (κ1) is 18.1. The second kappa shape index (κ2) is 7.05. The molecule has 7 heteroatoms. The molecule has 0 bridgehead atoms. The maximum atomic E-state index is 13.3. The average Bonchev–Trinajstić information content (AvgIpc) is 2.65.